The number of amides is 1. The lowest BCUT2D eigenvalue weighted by Crippen LogP contribution is -2.49. The van der Waals surface area contributed by atoms with Crippen molar-refractivity contribution in [1.82, 2.24) is 10.2 Å². The van der Waals surface area contributed by atoms with Crippen molar-refractivity contribution in [2.75, 3.05) is 24.6 Å². The molecule has 0 aliphatic carbocycles. The van der Waals surface area contributed by atoms with Crippen molar-refractivity contribution in [1.29, 1.82) is 0 Å². The summed E-state index contributed by atoms with van der Waals surface area (Å²) in [6, 6.07) is 10.2. The van der Waals surface area contributed by atoms with Crippen LogP contribution in [0.1, 0.15) is 24.8 Å². The second-order valence-corrected chi connectivity index (χ2v) is 7.46. The van der Waals surface area contributed by atoms with E-state index in [-0.39, 0.29) is 11.9 Å². The number of likely N-dealkylation sites (tertiary alicyclic amines) is 1. The molecule has 0 saturated carbocycles. The van der Waals surface area contributed by atoms with Gasteiger partial charge in [-0.2, -0.15) is 11.8 Å². The Morgan fingerprint density at radius 3 is 2.95 bits per heavy atom. The number of nitrogens with one attached hydrogen (secondary N) is 1. The molecule has 2 fully saturated rings. The largest absolute Gasteiger partial charge is 0.387 e. The summed E-state index contributed by atoms with van der Waals surface area (Å²) in [5.41, 5.74) is 0.538. The van der Waals surface area contributed by atoms with Crippen LogP contribution >= 0.6 is 11.8 Å². The standard InChI is InChI=1S/C17H24N2O2S/c20-16(18-12-17(21)8-10-22-13-17)15-7-4-9-19(15)11-14-5-2-1-3-6-14/h1-3,5-6,15,21H,4,7-13H2,(H,18,20)/t15-,17+/m1/s1. The normalized spacial score (nSPS) is 28.9. The smallest absolute Gasteiger partial charge is 0.237 e. The van der Waals surface area contributed by atoms with Crippen LogP contribution in [0.2, 0.25) is 0 Å². The van der Waals surface area contributed by atoms with Gasteiger partial charge in [0.2, 0.25) is 5.91 Å². The maximum Gasteiger partial charge on any atom is 0.237 e. The maximum absolute atomic E-state index is 12.5. The van der Waals surface area contributed by atoms with E-state index in [0.29, 0.717) is 6.54 Å². The molecule has 22 heavy (non-hydrogen) atoms. The van der Waals surface area contributed by atoms with Crippen LogP contribution in [0.5, 0.6) is 0 Å². The predicted molar refractivity (Wildman–Crippen MR) is 89.8 cm³/mol. The molecule has 5 heteroatoms. The molecule has 0 spiro atoms. The fourth-order valence-corrected chi connectivity index (χ4v) is 4.53. The Kier molecular flexibility index (Phi) is 5.06. The Morgan fingerprint density at radius 1 is 1.41 bits per heavy atom. The molecular weight excluding hydrogens is 296 g/mol. The number of thioether (sulfide) groups is 1. The van der Waals surface area contributed by atoms with Crippen molar-refractivity contribution in [3.05, 3.63) is 35.9 Å². The van der Waals surface area contributed by atoms with Crippen LogP contribution in [0, 0.1) is 0 Å². The summed E-state index contributed by atoms with van der Waals surface area (Å²) >= 11 is 1.76. The minimum absolute atomic E-state index is 0.0575. The van der Waals surface area contributed by atoms with Gasteiger partial charge in [-0.3, -0.25) is 9.69 Å². The average molecular weight is 320 g/mol. The summed E-state index contributed by atoms with van der Waals surface area (Å²) in [5, 5.41) is 13.3. The zero-order valence-electron chi connectivity index (χ0n) is 12.8. The first-order valence-electron chi connectivity index (χ1n) is 8.02. The quantitative estimate of drug-likeness (QED) is 0.866. The van der Waals surface area contributed by atoms with Crippen LogP contribution in [0.3, 0.4) is 0 Å². The number of hydrogen-bond acceptors (Lipinski definition) is 4. The maximum atomic E-state index is 12.5. The third-order valence-electron chi connectivity index (χ3n) is 4.57. The van der Waals surface area contributed by atoms with Crippen LogP contribution in [-0.4, -0.2) is 52.2 Å². The molecule has 2 aliphatic heterocycles. The Morgan fingerprint density at radius 2 is 2.23 bits per heavy atom. The van der Waals surface area contributed by atoms with E-state index >= 15 is 0 Å². The van der Waals surface area contributed by atoms with Crippen LogP contribution in [0.15, 0.2) is 30.3 Å². The van der Waals surface area contributed by atoms with E-state index in [4.69, 9.17) is 0 Å². The minimum Gasteiger partial charge on any atom is -0.387 e. The zero-order chi connectivity index (χ0) is 15.4. The molecule has 0 radical (unpaired) electrons. The van der Waals surface area contributed by atoms with Crippen molar-refractivity contribution in [2.24, 2.45) is 0 Å². The molecule has 0 unspecified atom stereocenters. The van der Waals surface area contributed by atoms with Crippen molar-refractivity contribution in [3.63, 3.8) is 0 Å². The topological polar surface area (TPSA) is 52.6 Å². The highest BCUT2D eigenvalue weighted by molar-refractivity contribution is 7.99. The lowest BCUT2D eigenvalue weighted by atomic mass is 10.0. The Bertz CT molecular complexity index is 503. The highest BCUT2D eigenvalue weighted by Gasteiger charge is 2.35. The van der Waals surface area contributed by atoms with Gasteiger partial charge < -0.3 is 10.4 Å². The molecule has 1 aromatic rings. The second-order valence-electron chi connectivity index (χ2n) is 6.36. The first-order chi connectivity index (χ1) is 10.7. The number of rotatable bonds is 5. The molecule has 2 saturated heterocycles. The van der Waals surface area contributed by atoms with Gasteiger partial charge >= 0.3 is 0 Å². The third-order valence-corrected chi connectivity index (χ3v) is 5.80. The lowest BCUT2D eigenvalue weighted by molar-refractivity contribution is -0.126. The van der Waals surface area contributed by atoms with Crippen LogP contribution < -0.4 is 5.32 Å². The van der Waals surface area contributed by atoms with Gasteiger partial charge in [-0.25, -0.2) is 0 Å². The molecule has 1 amide bonds. The third kappa shape index (κ3) is 3.83. The van der Waals surface area contributed by atoms with Gasteiger partial charge in [0.1, 0.15) is 0 Å². The molecule has 4 nitrogen and oxygen atoms in total. The Labute approximate surface area is 136 Å². The fourth-order valence-electron chi connectivity index (χ4n) is 3.24. The van der Waals surface area contributed by atoms with Gasteiger partial charge in [-0.15, -0.1) is 0 Å². The molecule has 2 N–H and O–H groups in total. The van der Waals surface area contributed by atoms with Gasteiger partial charge in [-0.1, -0.05) is 30.3 Å². The number of aliphatic hydroxyl groups is 1. The molecule has 0 aromatic heterocycles. The summed E-state index contributed by atoms with van der Waals surface area (Å²) < 4.78 is 0. The van der Waals surface area contributed by atoms with Gasteiger partial charge in [0.25, 0.3) is 0 Å². The zero-order valence-corrected chi connectivity index (χ0v) is 13.6. The SMILES string of the molecule is O=C(NC[C@@]1(O)CCSC1)[C@H]1CCCN1Cc1ccccc1. The molecule has 2 atom stereocenters. The predicted octanol–water partition coefficient (Wildman–Crippen LogP) is 1.64. The van der Waals surface area contributed by atoms with Crippen LogP contribution in [0.4, 0.5) is 0 Å². The highest BCUT2D eigenvalue weighted by atomic mass is 32.2. The first-order valence-corrected chi connectivity index (χ1v) is 9.18. The van der Waals surface area contributed by atoms with Gasteiger partial charge in [0.15, 0.2) is 0 Å². The van der Waals surface area contributed by atoms with Gasteiger partial charge in [-0.05, 0) is 37.1 Å². The lowest BCUT2D eigenvalue weighted by Gasteiger charge is -2.26. The molecule has 0 bridgehead atoms. The summed E-state index contributed by atoms with van der Waals surface area (Å²) in [4.78, 5) is 14.7. The first kappa shape index (κ1) is 15.8. The molecule has 2 heterocycles. The number of benzene rings is 1. The Balaban J connectivity index is 1.54. The van der Waals surface area contributed by atoms with E-state index in [1.165, 1.54) is 5.56 Å². The highest BCUT2D eigenvalue weighted by Crippen LogP contribution is 2.27. The Hall–Kier alpha value is -1.04. The van der Waals surface area contributed by atoms with Gasteiger partial charge in [0, 0.05) is 18.8 Å². The summed E-state index contributed by atoms with van der Waals surface area (Å²) in [6.45, 7) is 2.17. The number of carbonyl (C=O) groups excluding carboxylic acids is 1. The van der Waals surface area contributed by atoms with E-state index in [0.717, 1.165) is 43.9 Å². The number of nitrogens with zero attached hydrogens (tertiary/aromatic N) is 1. The molecule has 120 valence electrons. The molecule has 1 aromatic carbocycles. The van der Waals surface area contributed by atoms with E-state index in [1.54, 1.807) is 11.8 Å². The van der Waals surface area contributed by atoms with Crippen molar-refractivity contribution in [3.8, 4) is 0 Å². The number of carbonyl (C=O) groups is 1. The number of hydrogen-bond donors (Lipinski definition) is 2. The van der Waals surface area contributed by atoms with Crippen molar-refractivity contribution < 1.29 is 9.90 Å². The van der Waals surface area contributed by atoms with E-state index < -0.39 is 5.60 Å². The van der Waals surface area contributed by atoms with Gasteiger partial charge in [0.05, 0.1) is 11.6 Å². The summed E-state index contributed by atoms with van der Waals surface area (Å²) in [6.07, 6.45) is 2.74. The fraction of sp³-hybridized carbons (Fsp3) is 0.588. The van der Waals surface area contributed by atoms with Crippen molar-refractivity contribution >= 4 is 17.7 Å². The molecule has 3 rings (SSSR count). The van der Waals surface area contributed by atoms with Crippen LogP contribution in [-0.2, 0) is 11.3 Å². The molecular formula is C17H24N2O2S. The molecule has 2 aliphatic rings. The average Bonchev–Trinajstić information content (AvgIpc) is 3.16. The van der Waals surface area contributed by atoms with Crippen LogP contribution in [0.25, 0.3) is 0 Å². The van der Waals surface area contributed by atoms with E-state index in [9.17, 15) is 9.90 Å². The van der Waals surface area contributed by atoms with E-state index in [2.05, 4.69) is 22.3 Å². The monoisotopic (exact) mass is 320 g/mol. The minimum atomic E-state index is -0.705. The van der Waals surface area contributed by atoms with E-state index in [1.807, 2.05) is 18.2 Å². The summed E-state index contributed by atoms with van der Waals surface area (Å²) in [5.74, 6) is 1.78. The van der Waals surface area contributed by atoms with Crippen molar-refractivity contribution in [2.45, 2.75) is 37.5 Å². The second kappa shape index (κ2) is 7.02. The summed E-state index contributed by atoms with van der Waals surface area (Å²) in [7, 11) is 0.